The van der Waals surface area contributed by atoms with E-state index in [-0.39, 0.29) is 30.9 Å². The average molecular weight is 534 g/mol. The van der Waals surface area contributed by atoms with Crippen LogP contribution in [-0.4, -0.2) is 36.2 Å². The molecule has 3 aliphatic rings. The highest BCUT2D eigenvalue weighted by Gasteiger charge is 2.60. The minimum absolute atomic E-state index is 0.0302. The number of rotatable bonds is 4. The topological polar surface area (TPSA) is 53.6 Å². The van der Waals surface area contributed by atoms with E-state index in [1.54, 1.807) is 0 Å². The molecule has 1 saturated heterocycles. The molecule has 0 bridgehead atoms. The molecule has 0 radical (unpaired) electrons. The summed E-state index contributed by atoms with van der Waals surface area (Å²) < 4.78 is 71.4. The van der Waals surface area contributed by atoms with Crippen LogP contribution >= 0.6 is 23.2 Å². The average Bonchev–Trinajstić information content (AvgIpc) is 3.47. The van der Waals surface area contributed by atoms with Gasteiger partial charge in [0.1, 0.15) is 0 Å². The molecule has 2 heterocycles. The van der Waals surface area contributed by atoms with Crippen molar-refractivity contribution in [3.05, 3.63) is 75.0 Å². The van der Waals surface area contributed by atoms with Gasteiger partial charge in [0.05, 0.1) is 28.8 Å². The molecule has 2 N–H and O–H groups in total. The minimum Gasteiger partial charge on any atom is -0.335 e. The Morgan fingerprint density at radius 1 is 1.09 bits per heavy atom. The molecule has 2 aromatic carbocycles. The van der Waals surface area contributed by atoms with Crippen LogP contribution in [0.2, 0.25) is 10.0 Å². The van der Waals surface area contributed by atoms with E-state index >= 15 is 4.39 Å². The first-order valence-corrected chi connectivity index (χ1v) is 11.4. The van der Waals surface area contributed by atoms with Crippen molar-refractivity contribution in [2.24, 2.45) is 0 Å². The lowest BCUT2D eigenvalue weighted by Gasteiger charge is -2.44. The fourth-order valence-electron chi connectivity index (χ4n) is 4.08. The Hall–Kier alpha value is -2.56. The van der Waals surface area contributed by atoms with Gasteiger partial charge in [-0.25, -0.2) is 13.6 Å². The summed E-state index contributed by atoms with van der Waals surface area (Å²) in [7, 11) is 0. The van der Waals surface area contributed by atoms with Gasteiger partial charge in [-0.05, 0) is 42.2 Å². The van der Waals surface area contributed by atoms with Crippen LogP contribution in [0.3, 0.4) is 0 Å². The van der Waals surface area contributed by atoms with Gasteiger partial charge >= 0.3 is 12.2 Å². The molecule has 2 aliphatic heterocycles. The molecule has 1 saturated carbocycles. The van der Waals surface area contributed by atoms with Gasteiger partial charge in [0.15, 0.2) is 11.5 Å². The number of nitrogens with zero attached hydrogens (tertiary/aromatic N) is 1. The van der Waals surface area contributed by atoms with Gasteiger partial charge < -0.3 is 10.2 Å². The monoisotopic (exact) mass is 533 g/mol. The van der Waals surface area contributed by atoms with E-state index in [4.69, 9.17) is 28.0 Å². The van der Waals surface area contributed by atoms with Crippen LogP contribution in [0.4, 0.5) is 26.7 Å². The molecule has 1 aliphatic carbocycles. The van der Waals surface area contributed by atoms with Crippen molar-refractivity contribution in [1.82, 2.24) is 15.7 Å². The normalized spacial score (nSPS) is 23.4. The Morgan fingerprint density at radius 3 is 2.23 bits per heavy atom. The fraction of sp³-hybridized carbons (Fsp3) is 0.348. The number of halogens is 7. The predicted molar refractivity (Wildman–Crippen MR) is 119 cm³/mol. The van der Waals surface area contributed by atoms with Crippen LogP contribution in [-0.2, 0) is 16.1 Å². The number of carbonyl (C=O) groups excluding carboxylic acids is 1. The van der Waals surface area contributed by atoms with Crippen LogP contribution in [0.5, 0.6) is 0 Å². The molecule has 1 atom stereocenters. The van der Waals surface area contributed by atoms with Crippen molar-refractivity contribution in [3.63, 3.8) is 0 Å². The third kappa shape index (κ3) is 4.21. The number of carbonyl (C=O) groups is 1. The fourth-order valence-corrected chi connectivity index (χ4v) is 4.57. The largest absolute Gasteiger partial charge is 0.428 e. The van der Waals surface area contributed by atoms with Gasteiger partial charge in [0.2, 0.25) is 5.60 Å². The Labute approximate surface area is 206 Å². The second-order valence-electron chi connectivity index (χ2n) is 8.87. The molecular weight excluding hydrogens is 516 g/mol. The summed E-state index contributed by atoms with van der Waals surface area (Å²) in [5, 5.41) is 1.63. The molecular formula is C23H18Cl2F5N3O2. The Kier molecular flexibility index (Phi) is 5.69. The third-order valence-electron chi connectivity index (χ3n) is 6.29. The van der Waals surface area contributed by atoms with E-state index in [0.717, 1.165) is 31.1 Å². The van der Waals surface area contributed by atoms with Crippen molar-refractivity contribution in [1.29, 1.82) is 0 Å². The van der Waals surface area contributed by atoms with Crippen LogP contribution < -0.4 is 10.8 Å². The molecule has 35 heavy (non-hydrogen) atoms. The minimum atomic E-state index is -4.95. The molecule has 0 spiro atoms. The zero-order chi connectivity index (χ0) is 25.2. The van der Waals surface area contributed by atoms with E-state index in [0.29, 0.717) is 11.1 Å². The molecule has 186 valence electrons. The highest BCUT2D eigenvalue weighted by atomic mass is 35.5. The molecule has 5 rings (SSSR count). The lowest BCUT2D eigenvalue weighted by atomic mass is 9.87. The third-order valence-corrected chi connectivity index (χ3v) is 6.84. The van der Waals surface area contributed by atoms with Gasteiger partial charge in [-0.1, -0.05) is 47.5 Å². The number of likely N-dealkylation sites (tertiary alicyclic amines) is 1. The highest BCUT2D eigenvalue weighted by Crippen LogP contribution is 2.49. The summed E-state index contributed by atoms with van der Waals surface area (Å²) in [5.74, 6) is -1.04. The Morgan fingerprint density at radius 2 is 1.69 bits per heavy atom. The molecule has 2 aromatic rings. The van der Waals surface area contributed by atoms with Gasteiger partial charge in [0.25, 0.3) is 0 Å². The highest BCUT2D eigenvalue weighted by molar-refractivity contribution is 6.35. The van der Waals surface area contributed by atoms with Crippen molar-refractivity contribution < 1.29 is 31.6 Å². The van der Waals surface area contributed by atoms with Crippen LogP contribution in [0.25, 0.3) is 5.70 Å². The van der Waals surface area contributed by atoms with E-state index in [9.17, 15) is 22.4 Å². The lowest BCUT2D eigenvalue weighted by molar-refractivity contribution is -0.269. The molecule has 5 nitrogen and oxygen atoms in total. The van der Waals surface area contributed by atoms with E-state index in [1.165, 1.54) is 29.2 Å². The maximum atomic E-state index is 15.2. The van der Waals surface area contributed by atoms with Gasteiger partial charge in [-0.15, -0.1) is 0 Å². The van der Waals surface area contributed by atoms with E-state index < -0.39 is 38.9 Å². The SMILES string of the molecule is O=C(NC1CC1)N1CC(F)(c2ccc(C3=CC(c4cc(Cl)c(F)c(Cl)c4)(C(F)(F)F)ON3)cc2)C1. The number of benzene rings is 2. The molecule has 0 aromatic heterocycles. The van der Waals surface area contributed by atoms with Gasteiger partial charge in [-0.2, -0.15) is 13.2 Å². The van der Waals surface area contributed by atoms with Gasteiger partial charge in [-0.3, -0.25) is 10.3 Å². The summed E-state index contributed by atoms with van der Waals surface area (Å²) in [6.07, 6.45) is -2.31. The van der Waals surface area contributed by atoms with Crippen LogP contribution in [0, 0.1) is 5.82 Å². The number of alkyl halides is 4. The van der Waals surface area contributed by atoms with Crippen LogP contribution in [0.15, 0.2) is 42.5 Å². The second-order valence-corrected chi connectivity index (χ2v) is 9.69. The first kappa shape index (κ1) is 24.1. The number of urea groups is 1. The molecule has 2 amide bonds. The number of hydrogen-bond acceptors (Lipinski definition) is 3. The molecule has 2 fully saturated rings. The summed E-state index contributed by atoms with van der Waals surface area (Å²) in [6.45, 7) is -0.226. The quantitative estimate of drug-likeness (QED) is 0.384. The first-order valence-electron chi connectivity index (χ1n) is 10.7. The summed E-state index contributed by atoms with van der Waals surface area (Å²) in [4.78, 5) is 18.4. The summed E-state index contributed by atoms with van der Waals surface area (Å²) in [6, 6.07) is 7.26. The van der Waals surface area contributed by atoms with E-state index in [2.05, 4.69) is 10.8 Å². The summed E-state index contributed by atoms with van der Waals surface area (Å²) in [5.41, 5.74) is -2.41. The first-order chi connectivity index (χ1) is 16.4. The van der Waals surface area contributed by atoms with Crippen molar-refractivity contribution in [2.75, 3.05) is 13.1 Å². The number of hydrogen-bond donors (Lipinski definition) is 2. The zero-order valence-corrected chi connectivity index (χ0v) is 19.4. The molecule has 1 unspecified atom stereocenters. The van der Waals surface area contributed by atoms with Crippen molar-refractivity contribution >= 4 is 34.9 Å². The molecule has 12 heteroatoms. The number of amides is 2. The van der Waals surface area contributed by atoms with Crippen LogP contribution in [0.1, 0.15) is 29.5 Å². The maximum Gasteiger partial charge on any atom is 0.428 e. The van der Waals surface area contributed by atoms with Crippen molar-refractivity contribution in [3.8, 4) is 0 Å². The predicted octanol–water partition coefficient (Wildman–Crippen LogP) is 5.82. The Balaban J connectivity index is 1.38. The van der Waals surface area contributed by atoms with E-state index in [1.807, 2.05) is 0 Å². The maximum absolute atomic E-state index is 15.2. The number of nitrogens with one attached hydrogen (secondary N) is 2. The lowest BCUT2D eigenvalue weighted by Crippen LogP contribution is -2.61. The summed E-state index contributed by atoms with van der Waals surface area (Å²) >= 11 is 11.4. The smallest absolute Gasteiger partial charge is 0.335 e. The van der Waals surface area contributed by atoms with Gasteiger partial charge in [0, 0.05) is 11.6 Å². The Bertz CT molecular complexity index is 1190. The zero-order valence-electron chi connectivity index (χ0n) is 17.9. The standard InChI is InChI=1S/C23H18Cl2F5N3O2/c24-16-7-14(8-17(25)19(16)26)22(23(28,29)30)9-18(32-35-22)12-1-3-13(4-2-12)21(27)10-33(11-21)20(34)31-15-5-6-15/h1-4,7-9,15,32H,5-6,10-11H2,(H,31,34). The number of hydroxylamine groups is 1. The van der Waals surface area contributed by atoms with Crippen molar-refractivity contribution in [2.45, 2.75) is 36.3 Å². The second kappa shape index (κ2) is 8.25.